The van der Waals surface area contributed by atoms with Crippen LogP contribution in [0, 0.1) is 12.8 Å². The molecule has 0 aromatic carbocycles. The average molecular weight is 274 g/mol. The van der Waals surface area contributed by atoms with Crippen molar-refractivity contribution in [3.63, 3.8) is 0 Å². The quantitative estimate of drug-likeness (QED) is 0.840. The lowest BCUT2D eigenvalue weighted by Gasteiger charge is -2.11. The molecule has 2 aromatic heterocycles. The van der Waals surface area contributed by atoms with E-state index in [9.17, 15) is 0 Å². The molecule has 5 heteroatoms. The summed E-state index contributed by atoms with van der Waals surface area (Å²) in [5.74, 6) is 1.95. The van der Waals surface area contributed by atoms with Crippen LogP contribution in [0.1, 0.15) is 37.6 Å². The summed E-state index contributed by atoms with van der Waals surface area (Å²) in [6, 6.07) is 1.94. The minimum Gasteiger partial charge on any atom is -0.339 e. The van der Waals surface area contributed by atoms with Crippen molar-refractivity contribution in [2.45, 2.75) is 39.5 Å². The van der Waals surface area contributed by atoms with E-state index in [1.54, 1.807) is 12.4 Å². The van der Waals surface area contributed by atoms with Gasteiger partial charge in [-0.3, -0.25) is 4.98 Å². The molecule has 20 heavy (non-hydrogen) atoms. The maximum atomic E-state index is 5.61. The molecule has 1 atom stereocenters. The first-order valence-corrected chi connectivity index (χ1v) is 7.18. The average Bonchev–Trinajstić information content (AvgIpc) is 2.92. The van der Waals surface area contributed by atoms with Crippen LogP contribution < -0.4 is 5.73 Å². The monoisotopic (exact) mass is 274 g/mol. The van der Waals surface area contributed by atoms with Crippen LogP contribution in [0.2, 0.25) is 0 Å². The molecule has 2 aromatic rings. The number of hydrogen-bond donors (Lipinski definition) is 1. The standard InChI is InChI=1S/C15H22N4O/c1-3-12(6-8-16)4-5-14-18-15(19-20-14)13-10-17-9-7-11(13)2/h7,9-10,12H,3-6,8,16H2,1-2H3. The van der Waals surface area contributed by atoms with E-state index in [1.165, 1.54) is 0 Å². The van der Waals surface area contributed by atoms with E-state index in [-0.39, 0.29) is 0 Å². The Morgan fingerprint density at radius 3 is 2.90 bits per heavy atom. The van der Waals surface area contributed by atoms with E-state index in [2.05, 4.69) is 22.0 Å². The van der Waals surface area contributed by atoms with Gasteiger partial charge in [-0.2, -0.15) is 4.98 Å². The van der Waals surface area contributed by atoms with Crippen LogP contribution in [-0.4, -0.2) is 21.7 Å². The fraction of sp³-hybridized carbons (Fsp3) is 0.533. The number of hydrogen-bond acceptors (Lipinski definition) is 5. The summed E-state index contributed by atoms with van der Waals surface area (Å²) in [5.41, 5.74) is 7.64. The number of nitrogens with two attached hydrogens (primary N) is 1. The van der Waals surface area contributed by atoms with Gasteiger partial charge in [0.05, 0.1) is 0 Å². The maximum absolute atomic E-state index is 5.61. The van der Waals surface area contributed by atoms with Gasteiger partial charge in [0.1, 0.15) is 0 Å². The first-order chi connectivity index (χ1) is 9.74. The first kappa shape index (κ1) is 14.7. The van der Waals surface area contributed by atoms with Crippen LogP contribution in [0.25, 0.3) is 11.4 Å². The third-order valence-electron chi connectivity index (χ3n) is 3.67. The van der Waals surface area contributed by atoms with Gasteiger partial charge < -0.3 is 10.3 Å². The summed E-state index contributed by atoms with van der Waals surface area (Å²) in [4.78, 5) is 8.57. The smallest absolute Gasteiger partial charge is 0.226 e. The van der Waals surface area contributed by atoms with Crippen LogP contribution in [0.4, 0.5) is 0 Å². The third kappa shape index (κ3) is 3.63. The summed E-state index contributed by atoms with van der Waals surface area (Å²) in [6.45, 7) is 4.95. The van der Waals surface area contributed by atoms with Crippen LogP contribution >= 0.6 is 0 Å². The van der Waals surface area contributed by atoms with Gasteiger partial charge in [-0.25, -0.2) is 0 Å². The van der Waals surface area contributed by atoms with E-state index >= 15 is 0 Å². The van der Waals surface area contributed by atoms with Gasteiger partial charge in [0.15, 0.2) is 0 Å². The zero-order valence-corrected chi connectivity index (χ0v) is 12.2. The predicted octanol–water partition coefficient (Wildman–Crippen LogP) is 2.75. The molecule has 0 aliphatic heterocycles. The molecule has 5 nitrogen and oxygen atoms in total. The molecule has 0 spiro atoms. The molecule has 0 saturated carbocycles. The van der Waals surface area contributed by atoms with Crippen molar-refractivity contribution in [1.82, 2.24) is 15.1 Å². The molecule has 0 amide bonds. The Kier molecular flexibility index (Phi) is 5.24. The number of aromatic nitrogens is 3. The summed E-state index contributed by atoms with van der Waals surface area (Å²) in [6.07, 6.45) is 7.58. The van der Waals surface area contributed by atoms with Crippen molar-refractivity contribution < 1.29 is 4.52 Å². The molecule has 0 saturated heterocycles. The fourth-order valence-corrected chi connectivity index (χ4v) is 2.28. The van der Waals surface area contributed by atoms with Gasteiger partial charge >= 0.3 is 0 Å². The Balaban J connectivity index is 2.01. The highest BCUT2D eigenvalue weighted by Crippen LogP contribution is 2.20. The minimum atomic E-state index is 0.623. The van der Waals surface area contributed by atoms with Crippen molar-refractivity contribution in [2.75, 3.05) is 6.54 Å². The normalized spacial score (nSPS) is 12.6. The second kappa shape index (κ2) is 7.14. The summed E-state index contributed by atoms with van der Waals surface area (Å²) < 4.78 is 5.33. The summed E-state index contributed by atoms with van der Waals surface area (Å²) >= 11 is 0. The molecular formula is C15H22N4O. The highest BCUT2D eigenvalue weighted by atomic mass is 16.5. The first-order valence-electron chi connectivity index (χ1n) is 7.18. The Labute approximate surface area is 119 Å². The SMILES string of the molecule is CCC(CCN)CCc1nc(-c2cnccc2C)no1. The summed E-state index contributed by atoms with van der Waals surface area (Å²) in [7, 11) is 0. The largest absolute Gasteiger partial charge is 0.339 e. The van der Waals surface area contributed by atoms with Crippen molar-refractivity contribution in [1.29, 1.82) is 0 Å². The lowest BCUT2D eigenvalue weighted by molar-refractivity contribution is 0.354. The van der Waals surface area contributed by atoms with E-state index in [4.69, 9.17) is 10.3 Å². The van der Waals surface area contributed by atoms with Crippen molar-refractivity contribution in [3.8, 4) is 11.4 Å². The zero-order valence-electron chi connectivity index (χ0n) is 12.2. The van der Waals surface area contributed by atoms with E-state index in [1.807, 2.05) is 13.0 Å². The molecule has 0 aliphatic carbocycles. The van der Waals surface area contributed by atoms with Crippen LogP contribution in [0.15, 0.2) is 23.0 Å². The molecular weight excluding hydrogens is 252 g/mol. The molecule has 2 heterocycles. The highest BCUT2D eigenvalue weighted by Gasteiger charge is 2.13. The van der Waals surface area contributed by atoms with Gasteiger partial charge in [0.25, 0.3) is 0 Å². The highest BCUT2D eigenvalue weighted by molar-refractivity contribution is 5.57. The molecule has 0 radical (unpaired) electrons. The summed E-state index contributed by atoms with van der Waals surface area (Å²) in [5, 5.41) is 4.05. The molecule has 0 fully saturated rings. The maximum Gasteiger partial charge on any atom is 0.226 e. The van der Waals surface area contributed by atoms with Gasteiger partial charge in [0.2, 0.25) is 11.7 Å². The molecule has 2 N–H and O–H groups in total. The van der Waals surface area contributed by atoms with Crippen LogP contribution in [-0.2, 0) is 6.42 Å². The van der Waals surface area contributed by atoms with Gasteiger partial charge in [-0.1, -0.05) is 18.5 Å². The molecule has 0 bridgehead atoms. The minimum absolute atomic E-state index is 0.623. The van der Waals surface area contributed by atoms with Crippen LogP contribution in [0.5, 0.6) is 0 Å². The predicted molar refractivity (Wildman–Crippen MR) is 78.0 cm³/mol. The second-order valence-corrected chi connectivity index (χ2v) is 5.09. The lowest BCUT2D eigenvalue weighted by Crippen LogP contribution is -2.09. The van der Waals surface area contributed by atoms with E-state index < -0.39 is 0 Å². The van der Waals surface area contributed by atoms with Crippen molar-refractivity contribution >= 4 is 0 Å². The number of nitrogens with zero attached hydrogens (tertiary/aromatic N) is 3. The molecule has 2 rings (SSSR count). The fourth-order valence-electron chi connectivity index (χ4n) is 2.28. The van der Waals surface area contributed by atoms with E-state index in [0.717, 1.165) is 43.4 Å². The Hall–Kier alpha value is -1.75. The van der Waals surface area contributed by atoms with Crippen LogP contribution in [0.3, 0.4) is 0 Å². The molecule has 108 valence electrons. The van der Waals surface area contributed by atoms with E-state index in [0.29, 0.717) is 17.6 Å². The topological polar surface area (TPSA) is 77.8 Å². The Morgan fingerprint density at radius 1 is 1.35 bits per heavy atom. The number of aryl methyl sites for hydroxylation is 2. The third-order valence-corrected chi connectivity index (χ3v) is 3.67. The van der Waals surface area contributed by atoms with Crippen molar-refractivity contribution in [3.05, 3.63) is 29.9 Å². The number of rotatable bonds is 7. The second-order valence-electron chi connectivity index (χ2n) is 5.09. The van der Waals surface area contributed by atoms with Crippen molar-refractivity contribution in [2.24, 2.45) is 11.7 Å². The Morgan fingerprint density at radius 2 is 2.20 bits per heavy atom. The number of pyridine rings is 1. The van der Waals surface area contributed by atoms with Gasteiger partial charge in [-0.15, -0.1) is 0 Å². The lowest BCUT2D eigenvalue weighted by atomic mass is 9.97. The molecule has 1 unspecified atom stereocenters. The molecule has 0 aliphatic rings. The van der Waals surface area contributed by atoms with Gasteiger partial charge in [-0.05, 0) is 43.9 Å². The zero-order chi connectivity index (χ0) is 14.4. The van der Waals surface area contributed by atoms with Gasteiger partial charge in [0, 0.05) is 24.4 Å². The Bertz CT molecular complexity index is 538.